The Morgan fingerprint density at radius 3 is 2.69 bits per heavy atom. The van der Waals surface area contributed by atoms with Crippen molar-refractivity contribution in [2.75, 3.05) is 5.73 Å². The summed E-state index contributed by atoms with van der Waals surface area (Å²) >= 11 is 0. The van der Waals surface area contributed by atoms with E-state index in [0.29, 0.717) is 0 Å². The number of rotatable bonds is 0. The largest absolute Gasteiger partial charge is 0.392 e. The smallest absolute Gasteiger partial charge is 0.368 e. The second-order valence-electron chi connectivity index (χ2n) is 3.66. The Kier molecular flexibility index (Phi) is 2.32. The summed E-state index contributed by atoms with van der Waals surface area (Å²) in [6.07, 6.45) is -4.04. The molecule has 1 aliphatic carbocycles. The fourth-order valence-corrected chi connectivity index (χ4v) is 1.69. The van der Waals surface area contributed by atoms with E-state index in [-0.39, 0.29) is 23.6 Å². The van der Waals surface area contributed by atoms with Crippen molar-refractivity contribution in [3.8, 4) is 0 Å². The monoisotopic (exact) mass is 231 g/mol. The van der Waals surface area contributed by atoms with Crippen molar-refractivity contribution in [2.45, 2.75) is 19.0 Å². The van der Waals surface area contributed by atoms with Crippen LogP contribution in [0.2, 0.25) is 0 Å². The number of halogens is 3. The van der Waals surface area contributed by atoms with Crippen molar-refractivity contribution in [2.24, 2.45) is 5.92 Å². The van der Waals surface area contributed by atoms with E-state index < -0.39 is 24.3 Å². The average Bonchev–Trinajstić information content (AvgIpc) is 2.15. The van der Waals surface area contributed by atoms with E-state index in [9.17, 15) is 18.0 Å². The quantitative estimate of drug-likeness (QED) is 0.732. The lowest BCUT2D eigenvalue weighted by atomic mass is 9.86. The molecule has 0 radical (unpaired) electrons. The van der Waals surface area contributed by atoms with Gasteiger partial charge in [0.1, 0.15) is 0 Å². The number of anilines is 1. The molecule has 0 bridgehead atoms. The molecule has 2 rings (SSSR count). The summed E-state index contributed by atoms with van der Waals surface area (Å²) in [4.78, 5) is 18.7. The normalized spacial score (nSPS) is 20.7. The maximum absolute atomic E-state index is 12.5. The van der Waals surface area contributed by atoms with E-state index in [1.807, 2.05) is 0 Å². The van der Waals surface area contributed by atoms with Crippen LogP contribution in [0.5, 0.6) is 0 Å². The van der Waals surface area contributed by atoms with Crippen molar-refractivity contribution in [3.05, 3.63) is 17.5 Å². The van der Waals surface area contributed by atoms with Gasteiger partial charge in [0.2, 0.25) is 5.95 Å². The number of Topliss-reactive ketones (excluding diaryl/α,β-unsaturated/α-hetero) is 1. The van der Waals surface area contributed by atoms with Crippen LogP contribution in [0, 0.1) is 5.92 Å². The van der Waals surface area contributed by atoms with Gasteiger partial charge in [0.25, 0.3) is 0 Å². The number of carbonyl (C=O) groups excluding carboxylic acids is 1. The number of fused-ring (bicyclic) bond motifs is 1. The van der Waals surface area contributed by atoms with Gasteiger partial charge in [0, 0.05) is 19.0 Å². The van der Waals surface area contributed by atoms with Gasteiger partial charge in [-0.2, -0.15) is 13.2 Å². The molecule has 2 N–H and O–H groups in total. The van der Waals surface area contributed by atoms with E-state index in [1.165, 1.54) is 6.20 Å². The Balaban J connectivity index is 2.39. The number of ketones is 1. The topological polar surface area (TPSA) is 68.9 Å². The lowest BCUT2D eigenvalue weighted by Crippen LogP contribution is -2.32. The zero-order valence-corrected chi connectivity index (χ0v) is 8.08. The van der Waals surface area contributed by atoms with Gasteiger partial charge in [-0.05, 0) is 0 Å². The maximum Gasteiger partial charge on any atom is 0.392 e. The molecule has 0 fully saturated rings. The van der Waals surface area contributed by atoms with Gasteiger partial charge in [-0.1, -0.05) is 0 Å². The third-order valence-corrected chi connectivity index (χ3v) is 2.52. The summed E-state index contributed by atoms with van der Waals surface area (Å²) < 4.78 is 37.4. The highest BCUT2D eigenvalue weighted by atomic mass is 19.4. The molecule has 0 saturated heterocycles. The number of hydrogen-bond acceptors (Lipinski definition) is 4. The molecule has 86 valence electrons. The first-order chi connectivity index (χ1) is 7.38. The highest BCUT2D eigenvalue weighted by Crippen LogP contribution is 2.36. The van der Waals surface area contributed by atoms with Crippen molar-refractivity contribution in [3.63, 3.8) is 0 Å². The fourth-order valence-electron chi connectivity index (χ4n) is 1.69. The van der Waals surface area contributed by atoms with E-state index in [0.717, 1.165) is 0 Å². The van der Waals surface area contributed by atoms with Crippen LogP contribution in [0.3, 0.4) is 0 Å². The van der Waals surface area contributed by atoms with Gasteiger partial charge >= 0.3 is 6.18 Å². The Hall–Kier alpha value is -1.66. The number of hydrogen-bond donors (Lipinski definition) is 1. The summed E-state index contributed by atoms with van der Waals surface area (Å²) in [6.45, 7) is 0. The van der Waals surface area contributed by atoms with Gasteiger partial charge < -0.3 is 5.73 Å². The number of aromatic nitrogens is 2. The predicted octanol–water partition coefficient (Wildman–Crippen LogP) is 1.37. The first-order valence-electron chi connectivity index (χ1n) is 4.59. The maximum atomic E-state index is 12.5. The van der Waals surface area contributed by atoms with Gasteiger partial charge in [0.15, 0.2) is 5.78 Å². The third-order valence-electron chi connectivity index (χ3n) is 2.52. The molecule has 1 atom stereocenters. The summed E-state index contributed by atoms with van der Waals surface area (Å²) in [5, 5.41) is 0. The molecule has 4 nitrogen and oxygen atoms in total. The summed E-state index contributed by atoms with van der Waals surface area (Å²) in [7, 11) is 0. The first kappa shape index (κ1) is 10.8. The SMILES string of the molecule is Nc1ncc2c(n1)C[C@@H](C(F)(F)F)CC2=O. The van der Waals surface area contributed by atoms with Crippen LogP contribution in [0.25, 0.3) is 0 Å². The van der Waals surface area contributed by atoms with Gasteiger partial charge in [0.05, 0.1) is 17.2 Å². The summed E-state index contributed by atoms with van der Waals surface area (Å²) in [5.41, 5.74) is 5.50. The van der Waals surface area contributed by atoms with Crippen molar-refractivity contribution < 1.29 is 18.0 Å². The lowest BCUT2D eigenvalue weighted by Gasteiger charge is -2.24. The Morgan fingerprint density at radius 1 is 1.38 bits per heavy atom. The minimum absolute atomic E-state index is 0.0890. The van der Waals surface area contributed by atoms with E-state index >= 15 is 0 Å². The molecule has 7 heteroatoms. The second kappa shape index (κ2) is 3.43. The van der Waals surface area contributed by atoms with Crippen LogP contribution in [0.1, 0.15) is 22.5 Å². The summed E-state index contributed by atoms with van der Waals surface area (Å²) in [5.74, 6) is -2.36. The molecule has 1 aromatic heterocycles. The van der Waals surface area contributed by atoms with Crippen molar-refractivity contribution in [1.29, 1.82) is 0 Å². The number of alkyl halides is 3. The summed E-state index contributed by atoms with van der Waals surface area (Å²) in [6, 6.07) is 0. The molecule has 16 heavy (non-hydrogen) atoms. The van der Waals surface area contributed by atoms with Crippen LogP contribution in [0.15, 0.2) is 6.20 Å². The van der Waals surface area contributed by atoms with Gasteiger partial charge in [-0.25, -0.2) is 9.97 Å². The molecule has 0 saturated carbocycles. The minimum atomic E-state index is -4.38. The minimum Gasteiger partial charge on any atom is -0.368 e. The zero-order chi connectivity index (χ0) is 11.9. The van der Waals surface area contributed by atoms with Crippen LogP contribution >= 0.6 is 0 Å². The average molecular weight is 231 g/mol. The van der Waals surface area contributed by atoms with E-state index in [4.69, 9.17) is 5.73 Å². The zero-order valence-electron chi connectivity index (χ0n) is 8.08. The lowest BCUT2D eigenvalue weighted by molar-refractivity contribution is -0.174. The van der Waals surface area contributed by atoms with Crippen LogP contribution in [-0.4, -0.2) is 21.9 Å². The molecule has 1 aliphatic rings. The number of nitrogens with two attached hydrogens (primary N) is 1. The molecule has 1 heterocycles. The Bertz CT molecular complexity index is 444. The Morgan fingerprint density at radius 2 is 2.06 bits per heavy atom. The van der Waals surface area contributed by atoms with E-state index in [2.05, 4.69) is 9.97 Å². The van der Waals surface area contributed by atoms with Crippen molar-refractivity contribution >= 4 is 11.7 Å². The third kappa shape index (κ3) is 1.84. The first-order valence-corrected chi connectivity index (χ1v) is 4.59. The van der Waals surface area contributed by atoms with Gasteiger partial charge in [-0.3, -0.25) is 4.79 Å². The molecule has 0 amide bonds. The highest BCUT2D eigenvalue weighted by molar-refractivity contribution is 5.98. The van der Waals surface area contributed by atoms with Crippen LogP contribution in [0.4, 0.5) is 19.1 Å². The predicted molar refractivity (Wildman–Crippen MR) is 48.6 cm³/mol. The van der Waals surface area contributed by atoms with Crippen molar-refractivity contribution in [1.82, 2.24) is 9.97 Å². The molecular weight excluding hydrogens is 223 g/mol. The number of carbonyl (C=O) groups is 1. The van der Waals surface area contributed by atoms with E-state index in [1.54, 1.807) is 0 Å². The molecule has 0 aliphatic heterocycles. The molecule has 0 unspecified atom stereocenters. The highest BCUT2D eigenvalue weighted by Gasteiger charge is 2.44. The number of nitrogens with zero attached hydrogens (tertiary/aromatic N) is 2. The molecular formula is C9H8F3N3O. The molecule has 1 aromatic rings. The van der Waals surface area contributed by atoms with Crippen LogP contribution < -0.4 is 5.73 Å². The number of nitrogen functional groups attached to an aromatic ring is 1. The van der Waals surface area contributed by atoms with Crippen LogP contribution in [-0.2, 0) is 6.42 Å². The molecule has 0 spiro atoms. The second-order valence-corrected chi connectivity index (χ2v) is 3.66. The molecule has 0 aromatic carbocycles. The Labute approximate surface area is 88.7 Å². The fraction of sp³-hybridized carbons (Fsp3) is 0.444. The van der Waals surface area contributed by atoms with Gasteiger partial charge in [-0.15, -0.1) is 0 Å². The standard InChI is InChI=1S/C9H8F3N3O/c10-9(11,12)4-1-6-5(7(16)2-4)3-14-8(13)15-6/h3-4H,1-2H2,(H2,13,14,15)/t4-/m1/s1.